The van der Waals surface area contributed by atoms with Crippen LogP contribution in [0.15, 0.2) is 24.3 Å². The van der Waals surface area contributed by atoms with Gasteiger partial charge in [-0.3, -0.25) is 4.79 Å². The summed E-state index contributed by atoms with van der Waals surface area (Å²) >= 11 is 0. The molecule has 0 fully saturated rings. The Labute approximate surface area is 130 Å². The molecule has 2 aromatic rings. The first-order valence-electron chi connectivity index (χ1n) is 7.10. The predicted octanol–water partition coefficient (Wildman–Crippen LogP) is 2.59. The van der Waals surface area contributed by atoms with Gasteiger partial charge in [0.15, 0.2) is 0 Å². The van der Waals surface area contributed by atoms with Gasteiger partial charge in [-0.25, -0.2) is 0 Å². The summed E-state index contributed by atoms with van der Waals surface area (Å²) in [5, 5.41) is 2.93. The molecular weight excluding hydrogens is 280 g/mol. The number of amides is 1. The zero-order valence-electron chi connectivity index (χ0n) is 13.7. The molecule has 0 radical (unpaired) electrons. The standard InChI is InChI=1S/C17H22N2O3/c1-11-9-13(12(2)19(11)3)10-18-17(20)16-14(21-4)7-6-8-15(16)22-5/h6-9H,10H2,1-5H3,(H,18,20). The lowest BCUT2D eigenvalue weighted by Gasteiger charge is -2.13. The summed E-state index contributed by atoms with van der Waals surface area (Å²) in [7, 11) is 5.09. The Hall–Kier alpha value is -2.43. The molecule has 0 spiro atoms. The van der Waals surface area contributed by atoms with E-state index in [0.29, 0.717) is 23.6 Å². The van der Waals surface area contributed by atoms with Gasteiger partial charge in [-0.15, -0.1) is 0 Å². The van der Waals surface area contributed by atoms with Gasteiger partial charge in [0.1, 0.15) is 17.1 Å². The van der Waals surface area contributed by atoms with Crippen LogP contribution in [0.2, 0.25) is 0 Å². The smallest absolute Gasteiger partial charge is 0.259 e. The molecule has 1 aromatic heterocycles. The maximum Gasteiger partial charge on any atom is 0.259 e. The molecule has 22 heavy (non-hydrogen) atoms. The van der Waals surface area contributed by atoms with Gasteiger partial charge in [0.2, 0.25) is 0 Å². The van der Waals surface area contributed by atoms with Gasteiger partial charge in [0.05, 0.1) is 14.2 Å². The molecule has 2 rings (SSSR count). The van der Waals surface area contributed by atoms with Gasteiger partial charge < -0.3 is 19.4 Å². The van der Waals surface area contributed by atoms with Crippen LogP contribution < -0.4 is 14.8 Å². The van der Waals surface area contributed by atoms with E-state index in [1.807, 2.05) is 20.9 Å². The van der Waals surface area contributed by atoms with E-state index in [1.54, 1.807) is 18.2 Å². The van der Waals surface area contributed by atoms with Gasteiger partial charge in [0.25, 0.3) is 5.91 Å². The molecule has 0 unspecified atom stereocenters. The van der Waals surface area contributed by atoms with E-state index >= 15 is 0 Å². The van der Waals surface area contributed by atoms with Crippen molar-refractivity contribution in [3.05, 3.63) is 46.8 Å². The topological polar surface area (TPSA) is 52.5 Å². The summed E-state index contributed by atoms with van der Waals surface area (Å²) in [6.45, 7) is 4.55. The van der Waals surface area contributed by atoms with Crippen LogP contribution in [0.3, 0.4) is 0 Å². The summed E-state index contributed by atoms with van der Waals surface area (Å²) in [4.78, 5) is 12.5. The second kappa shape index (κ2) is 6.56. The number of methoxy groups -OCH3 is 2. The van der Waals surface area contributed by atoms with Crippen molar-refractivity contribution >= 4 is 5.91 Å². The Balaban J connectivity index is 2.21. The molecule has 118 valence electrons. The largest absolute Gasteiger partial charge is 0.496 e. The fourth-order valence-electron chi connectivity index (χ4n) is 2.45. The van der Waals surface area contributed by atoms with Crippen LogP contribution in [0.1, 0.15) is 27.3 Å². The minimum atomic E-state index is -0.213. The summed E-state index contributed by atoms with van der Waals surface area (Å²) in [6, 6.07) is 7.36. The zero-order valence-corrected chi connectivity index (χ0v) is 13.7. The number of benzene rings is 1. The van der Waals surface area contributed by atoms with Crippen molar-refractivity contribution in [2.24, 2.45) is 7.05 Å². The molecule has 0 atom stereocenters. The molecule has 1 heterocycles. The average Bonchev–Trinajstić information content (AvgIpc) is 2.78. The highest BCUT2D eigenvalue weighted by Crippen LogP contribution is 2.28. The SMILES string of the molecule is COc1cccc(OC)c1C(=O)NCc1cc(C)n(C)c1C. The lowest BCUT2D eigenvalue weighted by molar-refractivity contribution is 0.0944. The number of hydrogen-bond donors (Lipinski definition) is 1. The van der Waals surface area contributed by atoms with Crippen molar-refractivity contribution in [1.29, 1.82) is 0 Å². The van der Waals surface area contributed by atoms with Crippen LogP contribution >= 0.6 is 0 Å². The average molecular weight is 302 g/mol. The molecule has 1 N–H and O–H groups in total. The van der Waals surface area contributed by atoms with Crippen LogP contribution in [0.25, 0.3) is 0 Å². The van der Waals surface area contributed by atoms with Crippen LogP contribution in [0.4, 0.5) is 0 Å². The van der Waals surface area contributed by atoms with Gasteiger partial charge in [-0.05, 0) is 37.6 Å². The predicted molar refractivity (Wildman–Crippen MR) is 85.6 cm³/mol. The Morgan fingerprint density at radius 1 is 1.18 bits per heavy atom. The molecule has 5 nitrogen and oxygen atoms in total. The van der Waals surface area contributed by atoms with E-state index in [4.69, 9.17) is 9.47 Å². The van der Waals surface area contributed by atoms with Crippen LogP contribution in [-0.4, -0.2) is 24.7 Å². The first-order valence-corrected chi connectivity index (χ1v) is 7.10. The van der Waals surface area contributed by atoms with Crippen molar-refractivity contribution in [3.63, 3.8) is 0 Å². The molecule has 0 aliphatic rings. The molecule has 0 bridgehead atoms. The van der Waals surface area contributed by atoms with E-state index in [1.165, 1.54) is 14.2 Å². The summed E-state index contributed by atoms with van der Waals surface area (Å²) in [5.74, 6) is 0.783. The molecule has 1 aromatic carbocycles. The lowest BCUT2D eigenvalue weighted by Crippen LogP contribution is -2.24. The van der Waals surface area contributed by atoms with E-state index in [-0.39, 0.29) is 5.91 Å². The highest BCUT2D eigenvalue weighted by Gasteiger charge is 2.18. The minimum absolute atomic E-state index is 0.213. The quantitative estimate of drug-likeness (QED) is 0.923. The molecule has 0 saturated heterocycles. The van der Waals surface area contributed by atoms with Gasteiger partial charge in [-0.1, -0.05) is 6.07 Å². The number of hydrogen-bond acceptors (Lipinski definition) is 3. The number of aryl methyl sites for hydroxylation is 1. The Kier molecular flexibility index (Phi) is 4.75. The Morgan fingerprint density at radius 2 is 1.77 bits per heavy atom. The number of carbonyl (C=O) groups excluding carboxylic acids is 1. The lowest BCUT2D eigenvalue weighted by atomic mass is 10.1. The number of nitrogens with one attached hydrogen (secondary N) is 1. The number of rotatable bonds is 5. The summed E-state index contributed by atoms with van der Waals surface area (Å²) in [6.07, 6.45) is 0. The highest BCUT2D eigenvalue weighted by atomic mass is 16.5. The maximum absolute atomic E-state index is 12.5. The summed E-state index contributed by atoms with van der Waals surface area (Å²) < 4.78 is 12.6. The monoisotopic (exact) mass is 302 g/mol. The summed E-state index contributed by atoms with van der Waals surface area (Å²) in [5.41, 5.74) is 3.82. The third kappa shape index (κ3) is 2.93. The van der Waals surface area contributed by atoms with Crippen LogP contribution in [-0.2, 0) is 13.6 Å². The van der Waals surface area contributed by atoms with Gasteiger partial charge in [0, 0.05) is 25.0 Å². The third-order valence-corrected chi connectivity index (χ3v) is 3.97. The van der Waals surface area contributed by atoms with E-state index < -0.39 is 0 Å². The second-order valence-electron chi connectivity index (χ2n) is 5.18. The van der Waals surface area contributed by atoms with Crippen LogP contribution in [0.5, 0.6) is 11.5 Å². The van der Waals surface area contributed by atoms with Crippen molar-refractivity contribution in [2.45, 2.75) is 20.4 Å². The second-order valence-corrected chi connectivity index (χ2v) is 5.18. The van der Waals surface area contributed by atoms with E-state index in [9.17, 15) is 4.79 Å². The number of nitrogens with zero attached hydrogens (tertiary/aromatic N) is 1. The number of ether oxygens (including phenoxy) is 2. The van der Waals surface area contributed by atoms with E-state index in [2.05, 4.69) is 16.0 Å². The van der Waals surface area contributed by atoms with E-state index in [0.717, 1.165) is 17.0 Å². The van der Waals surface area contributed by atoms with Crippen molar-refractivity contribution in [3.8, 4) is 11.5 Å². The molecular formula is C17H22N2O3. The fraction of sp³-hybridized carbons (Fsp3) is 0.353. The van der Waals surface area contributed by atoms with Gasteiger partial charge in [-0.2, -0.15) is 0 Å². The first kappa shape index (κ1) is 15.9. The molecule has 5 heteroatoms. The third-order valence-electron chi connectivity index (χ3n) is 3.97. The van der Waals surface area contributed by atoms with Crippen molar-refractivity contribution < 1.29 is 14.3 Å². The van der Waals surface area contributed by atoms with Gasteiger partial charge >= 0.3 is 0 Å². The molecule has 1 amide bonds. The highest BCUT2D eigenvalue weighted by molar-refractivity contribution is 5.99. The minimum Gasteiger partial charge on any atom is -0.496 e. The Bertz CT molecular complexity index is 667. The number of aromatic nitrogens is 1. The molecule has 0 saturated carbocycles. The molecule has 0 aliphatic carbocycles. The first-order chi connectivity index (χ1) is 10.5. The molecule has 0 aliphatic heterocycles. The number of carbonyl (C=O) groups is 1. The normalized spacial score (nSPS) is 10.4. The Morgan fingerprint density at radius 3 is 2.23 bits per heavy atom. The van der Waals surface area contributed by atoms with Crippen molar-refractivity contribution in [1.82, 2.24) is 9.88 Å². The fourth-order valence-corrected chi connectivity index (χ4v) is 2.45. The van der Waals surface area contributed by atoms with Crippen molar-refractivity contribution in [2.75, 3.05) is 14.2 Å². The van der Waals surface area contributed by atoms with Crippen LogP contribution in [0, 0.1) is 13.8 Å². The maximum atomic E-state index is 12.5. The zero-order chi connectivity index (χ0) is 16.3.